The zero-order valence-electron chi connectivity index (χ0n) is 14.5. The molecule has 0 spiro atoms. The quantitative estimate of drug-likeness (QED) is 0.622. The van der Waals surface area contributed by atoms with E-state index < -0.39 is 0 Å². The Kier molecular flexibility index (Phi) is 6.69. The smallest absolute Gasteiger partial charge is 0.191 e. The lowest BCUT2D eigenvalue weighted by molar-refractivity contribution is 0.298. The summed E-state index contributed by atoms with van der Waals surface area (Å²) in [5, 5.41) is 7.61. The fourth-order valence-electron chi connectivity index (χ4n) is 2.34. The maximum Gasteiger partial charge on any atom is 0.191 e. The lowest BCUT2D eigenvalue weighted by atomic mass is 10.1. The van der Waals surface area contributed by atoms with Gasteiger partial charge >= 0.3 is 0 Å². The number of aromatic nitrogens is 1. The van der Waals surface area contributed by atoms with E-state index in [1.165, 1.54) is 17.0 Å². The highest BCUT2D eigenvalue weighted by molar-refractivity contribution is 7.11. The maximum atomic E-state index is 13.1. The maximum absolute atomic E-state index is 13.1. The predicted octanol–water partition coefficient (Wildman–Crippen LogP) is 2.56. The van der Waals surface area contributed by atoms with Gasteiger partial charge in [-0.1, -0.05) is 12.1 Å². The van der Waals surface area contributed by atoms with Gasteiger partial charge in [0, 0.05) is 24.7 Å². The summed E-state index contributed by atoms with van der Waals surface area (Å²) in [5.74, 6) is 0.497. The van der Waals surface area contributed by atoms with Crippen LogP contribution in [0.3, 0.4) is 0 Å². The van der Waals surface area contributed by atoms with Crippen molar-refractivity contribution in [3.8, 4) is 0 Å². The van der Waals surface area contributed by atoms with Crippen LogP contribution in [-0.2, 0) is 6.54 Å². The Bertz CT molecular complexity index is 666. The number of aryl methyl sites for hydroxylation is 1. The van der Waals surface area contributed by atoms with Crippen LogP contribution in [0.5, 0.6) is 0 Å². The molecule has 2 rings (SSSR count). The van der Waals surface area contributed by atoms with Crippen LogP contribution in [0, 0.1) is 12.7 Å². The average molecular weight is 349 g/mol. The van der Waals surface area contributed by atoms with E-state index >= 15 is 0 Å². The number of nitrogens with zero attached hydrogens (tertiary/aromatic N) is 3. The molecular formula is C17H24FN5S. The van der Waals surface area contributed by atoms with Crippen molar-refractivity contribution in [1.29, 1.82) is 0 Å². The molecule has 2 aromatic rings. The van der Waals surface area contributed by atoms with Gasteiger partial charge in [0.15, 0.2) is 5.96 Å². The zero-order valence-corrected chi connectivity index (χ0v) is 15.3. The van der Waals surface area contributed by atoms with Gasteiger partial charge < -0.3 is 15.5 Å². The van der Waals surface area contributed by atoms with Crippen molar-refractivity contribution in [2.45, 2.75) is 19.5 Å². The molecule has 1 heterocycles. The van der Waals surface area contributed by atoms with Gasteiger partial charge in [-0.05, 0) is 38.7 Å². The summed E-state index contributed by atoms with van der Waals surface area (Å²) in [7, 11) is 5.75. The van der Waals surface area contributed by atoms with E-state index in [4.69, 9.17) is 0 Å². The van der Waals surface area contributed by atoms with Gasteiger partial charge in [0.25, 0.3) is 0 Å². The van der Waals surface area contributed by atoms with E-state index in [1.807, 2.05) is 39.3 Å². The highest BCUT2D eigenvalue weighted by Crippen LogP contribution is 2.17. The summed E-state index contributed by atoms with van der Waals surface area (Å²) in [6.07, 6.45) is 1.87. The van der Waals surface area contributed by atoms with E-state index in [-0.39, 0.29) is 11.9 Å². The van der Waals surface area contributed by atoms with Crippen molar-refractivity contribution in [2.75, 3.05) is 27.7 Å². The van der Waals surface area contributed by atoms with Crippen LogP contribution in [0.2, 0.25) is 0 Å². The standard InChI is InChI=1S/C17H24FN5S/c1-12-9-20-16(24-12)11-22-17(19-2)21-10-15(23(3)4)13-5-7-14(18)8-6-13/h5-9,15H,10-11H2,1-4H3,(H2,19,21,22). The third-order valence-electron chi connectivity index (χ3n) is 3.64. The first kappa shape index (κ1) is 18.4. The van der Waals surface area contributed by atoms with Crippen LogP contribution in [0.25, 0.3) is 0 Å². The van der Waals surface area contributed by atoms with Gasteiger partial charge in [0.05, 0.1) is 12.6 Å². The molecule has 0 amide bonds. The number of aliphatic imine (C=N–C) groups is 1. The fraction of sp³-hybridized carbons (Fsp3) is 0.412. The summed E-state index contributed by atoms with van der Waals surface area (Å²) in [6.45, 7) is 3.34. The Balaban J connectivity index is 1.93. The Morgan fingerprint density at radius 2 is 2.00 bits per heavy atom. The van der Waals surface area contributed by atoms with Gasteiger partial charge in [0.2, 0.25) is 0 Å². The highest BCUT2D eigenvalue weighted by atomic mass is 32.1. The Labute approximate surface area is 146 Å². The molecule has 0 saturated heterocycles. The summed E-state index contributed by atoms with van der Waals surface area (Å²) in [4.78, 5) is 11.9. The van der Waals surface area contributed by atoms with Crippen LogP contribution < -0.4 is 10.6 Å². The predicted molar refractivity (Wildman–Crippen MR) is 97.9 cm³/mol. The second-order valence-electron chi connectivity index (χ2n) is 5.70. The van der Waals surface area contributed by atoms with Crippen molar-refractivity contribution < 1.29 is 4.39 Å². The van der Waals surface area contributed by atoms with Crippen LogP contribution >= 0.6 is 11.3 Å². The topological polar surface area (TPSA) is 52.6 Å². The van der Waals surface area contributed by atoms with Crippen molar-refractivity contribution in [2.24, 2.45) is 4.99 Å². The number of guanidine groups is 1. The number of halogens is 1. The molecule has 0 saturated carbocycles. The zero-order chi connectivity index (χ0) is 17.5. The number of nitrogens with one attached hydrogen (secondary N) is 2. The first-order valence-corrected chi connectivity index (χ1v) is 8.59. The van der Waals surface area contributed by atoms with E-state index in [2.05, 4.69) is 25.5 Å². The monoisotopic (exact) mass is 349 g/mol. The molecule has 0 aliphatic carbocycles. The molecule has 24 heavy (non-hydrogen) atoms. The van der Waals surface area contributed by atoms with Gasteiger partial charge in [0.1, 0.15) is 10.8 Å². The van der Waals surface area contributed by atoms with Crippen LogP contribution in [0.1, 0.15) is 21.5 Å². The molecule has 130 valence electrons. The third kappa shape index (κ3) is 5.28. The third-order valence-corrected chi connectivity index (χ3v) is 4.55. The minimum Gasteiger partial charge on any atom is -0.354 e. The molecule has 0 radical (unpaired) electrons. The fourth-order valence-corrected chi connectivity index (χ4v) is 3.07. The van der Waals surface area contributed by atoms with Crippen molar-refractivity contribution in [3.05, 3.63) is 51.7 Å². The van der Waals surface area contributed by atoms with Crippen LogP contribution in [-0.4, -0.2) is 43.5 Å². The van der Waals surface area contributed by atoms with Crippen LogP contribution in [0.4, 0.5) is 4.39 Å². The lowest BCUT2D eigenvalue weighted by Crippen LogP contribution is -2.41. The Morgan fingerprint density at radius 3 is 2.54 bits per heavy atom. The summed E-state index contributed by atoms with van der Waals surface area (Å²) >= 11 is 1.67. The first-order valence-electron chi connectivity index (χ1n) is 7.77. The molecule has 0 aliphatic rings. The van der Waals surface area contributed by atoms with Gasteiger partial charge in [-0.25, -0.2) is 9.37 Å². The second-order valence-corrected chi connectivity index (χ2v) is 7.02. The van der Waals surface area contributed by atoms with Gasteiger partial charge in [-0.3, -0.25) is 4.99 Å². The molecule has 1 atom stereocenters. The SMILES string of the molecule is CN=C(NCc1ncc(C)s1)NCC(c1ccc(F)cc1)N(C)C. The second kappa shape index (κ2) is 8.75. The number of likely N-dealkylation sites (N-methyl/N-ethyl adjacent to an activating group) is 1. The van der Waals surface area contributed by atoms with E-state index in [0.29, 0.717) is 13.1 Å². The number of hydrogen-bond acceptors (Lipinski definition) is 4. The largest absolute Gasteiger partial charge is 0.354 e. The molecule has 1 unspecified atom stereocenters. The number of hydrogen-bond donors (Lipinski definition) is 2. The molecule has 0 aliphatic heterocycles. The Hall–Kier alpha value is -1.99. The Morgan fingerprint density at radius 1 is 1.29 bits per heavy atom. The van der Waals surface area contributed by atoms with Gasteiger partial charge in [-0.2, -0.15) is 0 Å². The molecule has 7 heteroatoms. The summed E-state index contributed by atoms with van der Waals surface area (Å²) in [5.41, 5.74) is 1.06. The normalized spacial score (nSPS) is 13.2. The molecule has 0 bridgehead atoms. The van der Waals surface area contributed by atoms with Crippen LogP contribution in [0.15, 0.2) is 35.5 Å². The number of benzene rings is 1. The van der Waals surface area contributed by atoms with Crippen molar-refractivity contribution >= 4 is 17.3 Å². The average Bonchev–Trinajstić information content (AvgIpc) is 2.97. The number of thiazole rings is 1. The highest BCUT2D eigenvalue weighted by Gasteiger charge is 2.14. The molecule has 2 N–H and O–H groups in total. The molecule has 5 nitrogen and oxygen atoms in total. The molecular weight excluding hydrogens is 325 g/mol. The van der Waals surface area contributed by atoms with Crippen molar-refractivity contribution in [1.82, 2.24) is 20.5 Å². The van der Waals surface area contributed by atoms with Gasteiger partial charge in [-0.15, -0.1) is 11.3 Å². The summed E-state index contributed by atoms with van der Waals surface area (Å²) < 4.78 is 13.1. The van der Waals surface area contributed by atoms with E-state index in [9.17, 15) is 4.39 Å². The molecule has 1 aromatic heterocycles. The molecule has 0 fully saturated rings. The van der Waals surface area contributed by atoms with Crippen molar-refractivity contribution in [3.63, 3.8) is 0 Å². The molecule has 1 aromatic carbocycles. The minimum atomic E-state index is -0.222. The summed E-state index contributed by atoms with van der Waals surface area (Å²) in [6, 6.07) is 6.73. The number of rotatable bonds is 6. The lowest BCUT2D eigenvalue weighted by Gasteiger charge is -2.26. The van der Waals surface area contributed by atoms with E-state index in [0.717, 1.165) is 16.5 Å². The van der Waals surface area contributed by atoms with E-state index in [1.54, 1.807) is 18.4 Å². The first-order chi connectivity index (χ1) is 11.5. The minimum absolute atomic E-state index is 0.117.